The highest BCUT2D eigenvalue weighted by Gasteiger charge is 2.08. The Labute approximate surface area is 86.2 Å². The first-order valence-corrected chi connectivity index (χ1v) is 4.68. The van der Waals surface area contributed by atoms with Crippen molar-refractivity contribution in [3.05, 3.63) is 42.4 Å². The Hall–Kier alpha value is -1.71. The van der Waals surface area contributed by atoms with Gasteiger partial charge in [0.25, 0.3) is 0 Å². The second kappa shape index (κ2) is 3.81. The summed E-state index contributed by atoms with van der Waals surface area (Å²) < 4.78 is 27.9. The number of imidazole rings is 1. The molecule has 0 radical (unpaired) electrons. The van der Waals surface area contributed by atoms with Gasteiger partial charge in [-0.2, -0.15) is 0 Å². The Bertz CT molecular complexity index is 477. The number of hydrogen-bond acceptors (Lipinski definition) is 1. The van der Waals surface area contributed by atoms with Crippen LogP contribution in [0.25, 0.3) is 11.3 Å². The van der Waals surface area contributed by atoms with Crippen LogP contribution in [0.5, 0.6) is 0 Å². The summed E-state index contributed by atoms with van der Waals surface area (Å²) in [4.78, 5) is 4.05. The predicted molar refractivity (Wildman–Crippen MR) is 53.3 cm³/mol. The van der Waals surface area contributed by atoms with Crippen molar-refractivity contribution in [2.24, 2.45) is 0 Å². The first kappa shape index (κ1) is 9.83. The lowest BCUT2D eigenvalue weighted by Crippen LogP contribution is -1.88. The number of hydrogen-bond donors (Lipinski definition) is 0. The van der Waals surface area contributed by atoms with E-state index >= 15 is 0 Å². The van der Waals surface area contributed by atoms with E-state index in [4.69, 9.17) is 0 Å². The molecule has 4 heteroatoms. The lowest BCUT2D eigenvalue weighted by Gasteiger charge is -1.98. The smallest absolute Gasteiger partial charge is 0.135 e. The summed E-state index contributed by atoms with van der Waals surface area (Å²) in [7, 11) is 0. The van der Waals surface area contributed by atoms with Gasteiger partial charge in [-0.05, 0) is 19.1 Å². The van der Waals surface area contributed by atoms with Gasteiger partial charge in [-0.15, -0.1) is 0 Å². The molecule has 0 aliphatic rings. The van der Waals surface area contributed by atoms with E-state index < -0.39 is 11.6 Å². The van der Waals surface area contributed by atoms with Crippen molar-refractivity contribution in [1.82, 2.24) is 9.55 Å². The number of aryl methyl sites for hydroxylation is 1. The van der Waals surface area contributed by atoms with Gasteiger partial charge in [0.15, 0.2) is 0 Å². The van der Waals surface area contributed by atoms with Crippen LogP contribution >= 0.6 is 0 Å². The molecule has 15 heavy (non-hydrogen) atoms. The number of benzene rings is 1. The fourth-order valence-corrected chi connectivity index (χ4v) is 1.37. The second-order valence-corrected chi connectivity index (χ2v) is 3.21. The monoisotopic (exact) mass is 208 g/mol. The zero-order chi connectivity index (χ0) is 10.8. The first-order valence-electron chi connectivity index (χ1n) is 4.68. The molecule has 0 unspecified atom stereocenters. The largest absolute Gasteiger partial charge is 0.337 e. The lowest BCUT2D eigenvalue weighted by molar-refractivity contribution is 0.585. The molecule has 1 aromatic carbocycles. The van der Waals surface area contributed by atoms with Gasteiger partial charge in [0.05, 0.1) is 12.0 Å². The fourth-order valence-electron chi connectivity index (χ4n) is 1.37. The molecule has 0 atom stereocenters. The molecule has 0 aliphatic heterocycles. The summed E-state index contributed by atoms with van der Waals surface area (Å²) in [5, 5.41) is 0. The Morgan fingerprint density at radius 3 is 2.73 bits per heavy atom. The molecule has 1 aromatic heterocycles. The molecule has 1 heterocycles. The third-order valence-electron chi connectivity index (χ3n) is 2.21. The zero-order valence-electron chi connectivity index (χ0n) is 8.24. The molecule has 2 aromatic rings. The van der Waals surface area contributed by atoms with Crippen LogP contribution in [0.1, 0.15) is 6.92 Å². The molecule has 2 nitrogen and oxygen atoms in total. The van der Waals surface area contributed by atoms with E-state index in [1.807, 2.05) is 11.5 Å². The van der Waals surface area contributed by atoms with Gasteiger partial charge >= 0.3 is 0 Å². The van der Waals surface area contributed by atoms with Crippen LogP contribution in [0.2, 0.25) is 0 Å². The van der Waals surface area contributed by atoms with Crippen LogP contribution < -0.4 is 0 Å². The normalized spacial score (nSPS) is 10.6. The van der Waals surface area contributed by atoms with E-state index in [2.05, 4.69) is 4.98 Å². The molecule has 78 valence electrons. The summed E-state index contributed by atoms with van der Waals surface area (Å²) in [6, 6.07) is 3.48. The average Bonchev–Trinajstić information content (AvgIpc) is 2.66. The van der Waals surface area contributed by atoms with Crippen molar-refractivity contribution in [1.29, 1.82) is 0 Å². The van der Waals surface area contributed by atoms with E-state index in [1.54, 1.807) is 12.5 Å². The van der Waals surface area contributed by atoms with Gasteiger partial charge in [-0.25, -0.2) is 13.8 Å². The quantitative estimate of drug-likeness (QED) is 0.742. The lowest BCUT2D eigenvalue weighted by atomic mass is 10.1. The third-order valence-corrected chi connectivity index (χ3v) is 2.21. The van der Waals surface area contributed by atoms with E-state index in [9.17, 15) is 8.78 Å². The SMILES string of the molecule is CCn1cnc(-c2ccc(F)cc2F)c1. The molecule has 0 amide bonds. The molecule has 0 aliphatic carbocycles. The summed E-state index contributed by atoms with van der Waals surface area (Å²) in [6.07, 6.45) is 3.36. The standard InChI is InChI=1S/C11H10F2N2/c1-2-15-6-11(14-7-15)9-4-3-8(12)5-10(9)13/h3-7H,2H2,1H3. The van der Waals surface area contributed by atoms with Crippen molar-refractivity contribution in [2.45, 2.75) is 13.5 Å². The summed E-state index contributed by atoms with van der Waals surface area (Å²) >= 11 is 0. The molecule has 0 N–H and O–H groups in total. The van der Waals surface area contributed by atoms with Crippen LogP contribution in [-0.2, 0) is 6.54 Å². The Morgan fingerprint density at radius 2 is 2.13 bits per heavy atom. The fraction of sp³-hybridized carbons (Fsp3) is 0.182. The van der Waals surface area contributed by atoms with E-state index in [-0.39, 0.29) is 0 Å². The van der Waals surface area contributed by atoms with Crippen molar-refractivity contribution < 1.29 is 8.78 Å². The zero-order valence-corrected chi connectivity index (χ0v) is 8.24. The highest BCUT2D eigenvalue weighted by molar-refractivity contribution is 5.58. The van der Waals surface area contributed by atoms with Crippen LogP contribution in [0.15, 0.2) is 30.7 Å². The third kappa shape index (κ3) is 1.88. The maximum absolute atomic E-state index is 13.4. The highest BCUT2D eigenvalue weighted by Crippen LogP contribution is 2.21. The van der Waals surface area contributed by atoms with Crippen molar-refractivity contribution in [2.75, 3.05) is 0 Å². The van der Waals surface area contributed by atoms with Gasteiger partial charge in [0, 0.05) is 24.4 Å². The van der Waals surface area contributed by atoms with Gasteiger partial charge in [0.2, 0.25) is 0 Å². The summed E-state index contributed by atoms with van der Waals surface area (Å²) in [5.74, 6) is -1.16. The minimum absolute atomic E-state index is 0.323. The second-order valence-electron chi connectivity index (χ2n) is 3.21. The topological polar surface area (TPSA) is 17.8 Å². The van der Waals surface area contributed by atoms with Gasteiger partial charge in [-0.1, -0.05) is 0 Å². The molecule has 0 saturated heterocycles. The summed E-state index contributed by atoms with van der Waals surface area (Å²) in [5.41, 5.74) is 0.845. The number of aromatic nitrogens is 2. The maximum Gasteiger partial charge on any atom is 0.135 e. The highest BCUT2D eigenvalue weighted by atomic mass is 19.1. The Kier molecular flexibility index (Phi) is 2.49. The van der Waals surface area contributed by atoms with Crippen LogP contribution in [0, 0.1) is 11.6 Å². The van der Waals surface area contributed by atoms with Crippen LogP contribution in [0.3, 0.4) is 0 Å². The van der Waals surface area contributed by atoms with E-state index in [1.165, 1.54) is 12.1 Å². The predicted octanol–water partition coefficient (Wildman–Crippen LogP) is 2.85. The number of nitrogens with zero attached hydrogens (tertiary/aromatic N) is 2. The molecular weight excluding hydrogens is 198 g/mol. The van der Waals surface area contributed by atoms with E-state index in [0.29, 0.717) is 11.3 Å². The number of rotatable bonds is 2. The van der Waals surface area contributed by atoms with E-state index in [0.717, 1.165) is 12.6 Å². The average molecular weight is 208 g/mol. The number of halogens is 2. The van der Waals surface area contributed by atoms with Crippen molar-refractivity contribution in [3.63, 3.8) is 0 Å². The van der Waals surface area contributed by atoms with Crippen LogP contribution in [-0.4, -0.2) is 9.55 Å². The molecule has 0 spiro atoms. The van der Waals surface area contributed by atoms with Gasteiger partial charge in [0.1, 0.15) is 11.6 Å². The Morgan fingerprint density at radius 1 is 1.33 bits per heavy atom. The Balaban J connectivity index is 2.44. The van der Waals surface area contributed by atoms with Gasteiger partial charge < -0.3 is 4.57 Å². The molecule has 0 bridgehead atoms. The maximum atomic E-state index is 13.4. The molecule has 2 rings (SSSR count). The first-order chi connectivity index (χ1) is 7.20. The molecule has 0 fully saturated rings. The molecule has 0 saturated carbocycles. The minimum Gasteiger partial charge on any atom is -0.337 e. The molecular formula is C11H10F2N2. The van der Waals surface area contributed by atoms with Gasteiger partial charge in [-0.3, -0.25) is 0 Å². The summed E-state index contributed by atoms with van der Waals surface area (Å²) in [6.45, 7) is 2.74. The van der Waals surface area contributed by atoms with Crippen LogP contribution in [0.4, 0.5) is 8.78 Å². The van der Waals surface area contributed by atoms with Crippen molar-refractivity contribution >= 4 is 0 Å². The van der Waals surface area contributed by atoms with Crippen molar-refractivity contribution in [3.8, 4) is 11.3 Å². The minimum atomic E-state index is -0.587.